The van der Waals surface area contributed by atoms with Crippen molar-refractivity contribution in [2.75, 3.05) is 19.0 Å². The Labute approximate surface area is 111 Å². The first-order valence-electron chi connectivity index (χ1n) is 6.27. The lowest BCUT2D eigenvalue weighted by molar-refractivity contribution is 0.0594. The molecule has 3 nitrogen and oxygen atoms in total. The average molecular weight is 269 g/mol. The second-order valence-electron chi connectivity index (χ2n) is 5.30. The molecule has 1 aliphatic rings. The van der Waals surface area contributed by atoms with Crippen LogP contribution in [0.2, 0.25) is 0 Å². The van der Waals surface area contributed by atoms with Crippen molar-refractivity contribution in [2.45, 2.75) is 26.2 Å². The fourth-order valence-corrected chi connectivity index (χ4v) is 2.22. The van der Waals surface area contributed by atoms with Crippen molar-refractivity contribution in [1.82, 2.24) is 0 Å². The van der Waals surface area contributed by atoms with E-state index >= 15 is 0 Å². The molecule has 1 aromatic carbocycles. The molecule has 1 aromatic rings. The number of esters is 1. The molecule has 0 atom stereocenters. The van der Waals surface area contributed by atoms with E-state index in [0.717, 1.165) is 20.0 Å². The Kier molecular flexibility index (Phi) is 3.73. The highest BCUT2D eigenvalue weighted by atomic mass is 19.2. The van der Waals surface area contributed by atoms with Gasteiger partial charge in [-0.25, -0.2) is 13.6 Å². The van der Waals surface area contributed by atoms with Crippen LogP contribution in [0.25, 0.3) is 0 Å². The zero-order chi connectivity index (χ0) is 14.0. The highest BCUT2D eigenvalue weighted by Crippen LogP contribution is 2.40. The van der Waals surface area contributed by atoms with Gasteiger partial charge >= 0.3 is 5.97 Å². The summed E-state index contributed by atoms with van der Waals surface area (Å²) in [6.45, 7) is 2.71. The largest absolute Gasteiger partial charge is 0.465 e. The molecule has 0 bridgehead atoms. The number of hydrogen-bond acceptors (Lipinski definition) is 3. The normalized spacial score (nSPS) is 16.6. The summed E-state index contributed by atoms with van der Waals surface area (Å²) in [5.74, 6) is -3.09. The maximum Gasteiger partial charge on any atom is 0.340 e. The molecule has 0 aliphatic heterocycles. The summed E-state index contributed by atoms with van der Waals surface area (Å²) in [5.41, 5.74) is -0.150. The van der Waals surface area contributed by atoms with Crippen LogP contribution in [0.3, 0.4) is 0 Å². The number of anilines is 1. The van der Waals surface area contributed by atoms with E-state index in [1.165, 1.54) is 18.6 Å². The molecule has 1 N–H and O–H groups in total. The van der Waals surface area contributed by atoms with Crippen LogP contribution in [0.15, 0.2) is 12.1 Å². The number of ether oxygens (including phenoxy) is 1. The third kappa shape index (κ3) is 2.69. The Morgan fingerprint density at radius 3 is 2.58 bits per heavy atom. The van der Waals surface area contributed by atoms with Gasteiger partial charge in [0.05, 0.1) is 18.4 Å². The molecule has 0 unspecified atom stereocenters. The quantitative estimate of drug-likeness (QED) is 0.852. The molecule has 0 amide bonds. The first-order chi connectivity index (χ1) is 8.97. The van der Waals surface area contributed by atoms with Gasteiger partial charge in [-0.05, 0) is 30.4 Å². The topological polar surface area (TPSA) is 38.3 Å². The molecular formula is C14H17F2NO2. The van der Waals surface area contributed by atoms with Crippen LogP contribution in [0.1, 0.15) is 36.5 Å². The standard InChI is InChI=1S/C14H17F2NO2/c1-14(6-3-7-14)8-17-10-5-4-9(13(18)19-2)11(15)12(10)16/h4-5,17H,3,6-8H2,1-2H3. The molecule has 0 heterocycles. The van der Waals surface area contributed by atoms with E-state index in [1.807, 2.05) is 0 Å². The van der Waals surface area contributed by atoms with Gasteiger partial charge in [0, 0.05) is 6.54 Å². The van der Waals surface area contributed by atoms with Gasteiger partial charge in [0.15, 0.2) is 11.6 Å². The number of carbonyl (C=O) groups is 1. The Bertz CT molecular complexity index is 498. The molecule has 19 heavy (non-hydrogen) atoms. The minimum Gasteiger partial charge on any atom is -0.465 e. The zero-order valence-corrected chi connectivity index (χ0v) is 11.1. The Balaban J connectivity index is 2.14. The maximum atomic E-state index is 13.8. The SMILES string of the molecule is COC(=O)c1ccc(NCC2(C)CCC2)c(F)c1F. The molecule has 2 rings (SSSR count). The summed E-state index contributed by atoms with van der Waals surface area (Å²) in [4.78, 5) is 11.2. The molecule has 1 saturated carbocycles. The molecule has 0 saturated heterocycles. The Morgan fingerprint density at radius 1 is 1.37 bits per heavy atom. The lowest BCUT2D eigenvalue weighted by atomic mass is 9.70. The van der Waals surface area contributed by atoms with Crippen LogP contribution < -0.4 is 5.32 Å². The van der Waals surface area contributed by atoms with Crippen molar-refractivity contribution in [3.8, 4) is 0 Å². The van der Waals surface area contributed by atoms with Crippen molar-refractivity contribution < 1.29 is 18.3 Å². The van der Waals surface area contributed by atoms with Gasteiger partial charge in [-0.15, -0.1) is 0 Å². The fraction of sp³-hybridized carbons (Fsp3) is 0.500. The van der Waals surface area contributed by atoms with Gasteiger partial charge < -0.3 is 10.1 Å². The van der Waals surface area contributed by atoms with Crippen molar-refractivity contribution in [3.63, 3.8) is 0 Å². The summed E-state index contributed by atoms with van der Waals surface area (Å²) in [6, 6.07) is 2.60. The van der Waals surface area contributed by atoms with E-state index in [4.69, 9.17) is 0 Å². The van der Waals surface area contributed by atoms with E-state index in [9.17, 15) is 13.6 Å². The molecule has 104 valence electrons. The number of hydrogen-bond donors (Lipinski definition) is 1. The summed E-state index contributed by atoms with van der Waals surface area (Å²) >= 11 is 0. The summed E-state index contributed by atoms with van der Waals surface area (Å²) in [6.07, 6.45) is 3.35. The van der Waals surface area contributed by atoms with E-state index in [-0.39, 0.29) is 16.7 Å². The van der Waals surface area contributed by atoms with Crippen LogP contribution in [-0.4, -0.2) is 19.6 Å². The van der Waals surface area contributed by atoms with Crippen LogP contribution >= 0.6 is 0 Å². The van der Waals surface area contributed by atoms with E-state index in [0.29, 0.717) is 6.54 Å². The number of rotatable bonds is 4. The molecule has 0 radical (unpaired) electrons. The van der Waals surface area contributed by atoms with Gasteiger partial charge in [-0.3, -0.25) is 0 Å². The molecule has 1 aliphatic carbocycles. The predicted octanol–water partition coefficient (Wildman–Crippen LogP) is 3.35. The second-order valence-corrected chi connectivity index (χ2v) is 5.30. The van der Waals surface area contributed by atoms with Gasteiger partial charge in [-0.2, -0.15) is 0 Å². The van der Waals surface area contributed by atoms with Crippen LogP contribution in [0.5, 0.6) is 0 Å². The smallest absolute Gasteiger partial charge is 0.340 e. The van der Waals surface area contributed by atoms with Crippen molar-refractivity contribution in [3.05, 3.63) is 29.3 Å². The highest BCUT2D eigenvalue weighted by molar-refractivity contribution is 5.90. The van der Waals surface area contributed by atoms with Gasteiger partial charge in [0.1, 0.15) is 0 Å². The number of carbonyl (C=O) groups excluding carboxylic acids is 1. The first kappa shape index (κ1) is 13.8. The Morgan fingerprint density at radius 2 is 2.05 bits per heavy atom. The fourth-order valence-electron chi connectivity index (χ4n) is 2.22. The Hall–Kier alpha value is -1.65. The van der Waals surface area contributed by atoms with Gasteiger partial charge in [0.2, 0.25) is 0 Å². The minimum atomic E-state index is -1.17. The molecule has 0 spiro atoms. The van der Waals surface area contributed by atoms with Gasteiger partial charge in [0.25, 0.3) is 0 Å². The summed E-state index contributed by atoms with van der Waals surface area (Å²) in [5, 5.41) is 2.91. The highest BCUT2D eigenvalue weighted by Gasteiger charge is 2.31. The first-order valence-corrected chi connectivity index (χ1v) is 6.27. The number of nitrogens with one attached hydrogen (secondary N) is 1. The van der Waals surface area contributed by atoms with Crippen molar-refractivity contribution in [2.24, 2.45) is 5.41 Å². The van der Waals surface area contributed by atoms with Crippen molar-refractivity contribution >= 4 is 11.7 Å². The average Bonchev–Trinajstić information content (AvgIpc) is 2.37. The third-order valence-corrected chi connectivity index (χ3v) is 3.75. The van der Waals surface area contributed by atoms with Crippen molar-refractivity contribution in [1.29, 1.82) is 0 Å². The maximum absolute atomic E-state index is 13.8. The molecule has 0 aromatic heterocycles. The zero-order valence-electron chi connectivity index (χ0n) is 11.1. The monoisotopic (exact) mass is 269 g/mol. The van der Waals surface area contributed by atoms with E-state index < -0.39 is 17.6 Å². The van der Waals surface area contributed by atoms with Crippen LogP contribution in [0.4, 0.5) is 14.5 Å². The van der Waals surface area contributed by atoms with Gasteiger partial charge in [-0.1, -0.05) is 13.3 Å². The molecular weight excluding hydrogens is 252 g/mol. The summed E-state index contributed by atoms with van der Waals surface area (Å²) in [7, 11) is 1.13. The molecule has 1 fully saturated rings. The lowest BCUT2D eigenvalue weighted by Crippen LogP contribution is -2.33. The second kappa shape index (κ2) is 5.15. The number of benzene rings is 1. The minimum absolute atomic E-state index is 0.0817. The van der Waals surface area contributed by atoms with E-state index in [2.05, 4.69) is 17.0 Å². The number of halogens is 2. The third-order valence-electron chi connectivity index (χ3n) is 3.75. The van der Waals surface area contributed by atoms with Crippen LogP contribution in [0, 0.1) is 17.0 Å². The lowest BCUT2D eigenvalue weighted by Gasteiger charge is -2.38. The summed E-state index contributed by atoms with van der Waals surface area (Å²) < 4.78 is 31.9. The predicted molar refractivity (Wildman–Crippen MR) is 68.1 cm³/mol. The number of methoxy groups -OCH3 is 1. The van der Waals surface area contributed by atoms with E-state index in [1.54, 1.807) is 0 Å². The molecule has 5 heteroatoms. The van der Waals surface area contributed by atoms with Crippen LogP contribution in [-0.2, 0) is 4.74 Å².